The molecule has 0 amide bonds. The molecule has 0 saturated heterocycles. The van der Waals surface area contributed by atoms with E-state index in [1.54, 1.807) is 18.2 Å². The highest BCUT2D eigenvalue weighted by atomic mass is 35.5. The van der Waals surface area contributed by atoms with Crippen molar-refractivity contribution in [2.75, 3.05) is 13.2 Å². The molecule has 30 heavy (non-hydrogen) atoms. The van der Waals surface area contributed by atoms with Gasteiger partial charge in [0.2, 0.25) is 0 Å². The van der Waals surface area contributed by atoms with E-state index in [2.05, 4.69) is 4.74 Å². The summed E-state index contributed by atoms with van der Waals surface area (Å²) in [4.78, 5) is 0. The van der Waals surface area contributed by atoms with Crippen LogP contribution in [0.5, 0.6) is 17.2 Å². The lowest BCUT2D eigenvalue weighted by Crippen LogP contribution is -2.17. The van der Waals surface area contributed by atoms with Gasteiger partial charge in [-0.3, -0.25) is 0 Å². The number of ether oxygens (including phenoxy) is 3. The van der Waals surface area contributed by atoms with Crippen LogP contribution in [0.2, 0.25) is 10.0 Å². The lowest BCUT2D eigenvalue weighted by atomic mass is 10.1. The summed E-state index contributed by atoms with van der Waals surface area (Å²) >= 11 is 23.4. The molecule has 0 radical (unpaired) electrons. The van der Waals surface area contributed by atoms with Crippen LogP contribution in [0.1, 0.15) is 18.4 Å². The van der Waals surface area contributed by atoms with Crippen LogP contribution in [0.25, 0.3) is 0 Å². The van der Waals surface area contributed by atoms with Crippen molar-refractivity contribution in [3.8, 4) is 17.2 Å². The van der Waals surface area contributed by atoms with E-state index in [0.29, 0.717) is 37.4 Å². The van der Waals surface area contributed by atoms with Crippen LogP contribution in [-0.2, 0) is 6.42 Å². The van der Waals surface area contributed by atoms with Gasteiger partial charge in [0, 0.05) is 12.1 Å². The topological polar surface area (TPSA) is 27.7 Å². The van der Waals surface area contributed by atoms with E-state index in [0.717, 1.165) is 5.56 Å². The van der Waals surface area contributed by atoms with E-state index in [9.17, 15) is 13.2 Å². The number of aryl methyl sites for hydroxylation is 1. The van der Waals surface area contributed by atoms with Crippen LogP contribution < -0.4 is 14.2 Å². The number of hydrogen-bond donors (Lipinski definition) is 0. The fourth-order valence-corrected chi connectivity index (χ4v) is 3.16. The number of alkyl halides is 3. The third-order valence-corrected chi connectivity index (χ3v) is 4.57. The molecule has 0 unspecified atom stereocenters. The summed E-state index contributed by atoms with van der Waals surface area (Å²) in [7, 11) is 0. The summed E-state index contributed by atoms with van der Waals surface area (Å²) in [5, 5.41) is 0.575. The molecule has 0 spiro atoms. The van der Waals surface area contributed by atoms with Gasteiger partial charge in [0.1, 0.15) is 22.6 Å². The first-order valence-electron chi connectivity index (χ1n) is 8.74. The third-order valence-electron chi connectivity index (χ3n) is 3.70. The fraction of sp³-hybridized carbons (Fsp3) is 0.300. The average Bonchev–Trinajstić information content (AvgIpc) is 2.62. The Hall–Kier alpha value is -1.47. The first-order valence-corrected chi connectivity index (χ1v) is 10.3. The number of benzene rings is 2. The third kappa shape index (κ3) is 9.13. The molecule has 3 nitrogen and oxygen atoms in total. The minimum absolute atomic E-state index is 0.0896. The van der Waals surface area contributed by atoms with Gasteiger partial charge in [-0.2, -0.15) is 0 Å². The zero-order chi connectivity index (χ0) is 22.1. The van der Waals surface area contributed by atoms with Gasteiger partial charge in [-0.15, -0.1) is 13.2 Å². The molecule has 0 aliphatic heterocycles. The molecule has 0 fully saturated rings. The van der Waals surface area contributed by atoms with Crippen molar-refractivity contribution in [2.24, 2.45) is 0 Å². The van der Waals surface area contributed by atoms with Crippen LogP contribution >= 0.6 is 46.4 Å². The fourth-order valence-electron chi connectivity index (χ4n) is 2.46. The highest BCUT2D eigenvalue weighted by Gasteiger charge is 2.31. The van der Waals surface area contributed by atoms with Gasteiger partial charge in [0.05, 0.1) is 16.7 Å². The van der Waals surface area contributed by atoms with Crippen molar-refractivity contribution >= 4 is 46.4 Å². The van der Waals surface area contributed by atoms with Crippen LogP contribution in [-0.4, -0.2) is 19.6 Å². The predicted octanol–water partition coefficient (Wildman–Crippen LogP) is 7.99. The smallest absolute Gasteiger partial charge is 0.490 e. The summed E-state index contributed by atoms with van der Waals surface area (Å²) in [6.45, 7) is 0.493. The summed E-state index contributed by atoms with van der Waals surface area (Å²) in [6.07, 6.45) is -1.32. The standard InChI is InChI=1S/C20H17Cl4F3O3/c21-16-11-15(28-9-7-18(23)24)12-17(22)19(16)29-8-2-1-4-13-5-3-6-14(10-13)30-20(25,26)27/h3,5-7,10-12H,1-2,4,8-9H2. The van der Waals surface area contributed by atoms with Crippen LogP contribution in [0, 0.1) is 0 Å². The van der Waals surface area contributed by atoms with Gasteiger partial charge in [-0.1, -0.05) is 58.5 Å². The van der Waals surface area contributed by atoms with Crippen molar-refractivity contribution < 1.29 is 27.4 Å². The summed E-state index contributed by atoms with van der Waals surface area (Å²) in [5.74, 6) is 0.530. The van der Waals surface area contributed by atoms with Gasteiger partial charge in [0.15, 0.2) is 5.75 Å². The maximum absolute atomic E-state index is 12.3. The van der Waals surface area contributed by atoms with Gasteiger partial charge >= 0.3 is 6.36 Å². The number of halogens is 7. The maximum atomic E-state index is 12.3. The Morgan fingerprint density at radius 2 is 1.63 bits per heavy atom. The van der Waals surface area contributed by atoms with Crippen molar-refractivity contribution in [1.82, 2.24) is 0 Å². The highest BCUT2D eigenvalue weighted by molar-refractivity contribution is 6.55. The zero-order valence-electron chi connectivity index (χ0n) is 15.4. The Bertz CT molecular complexity index is 846. The summed E-state index contributed by atoms with van der Waals surface area (Å²) < 4.78 is 51.9. The Kier molecular flexibility index (Phi) is 9.75. The van der Waals surface area contributed by atoms with Gasteiger partial charge in [-0.05, 0) is 43.0 Å². The molecular weight excluding hydrogens is 487 g/mol. The molecule has 164 valence electrons. The Morgan fingerprint density at radius 3 is 2.27 bits per heavy atom. The predicted molar refractivity (Wildman–Crippen MR) is 113 cm³/mol. The average molecular weight is 504 g/mol. The van der Waals surface area contributed by atoms with Crippen molar-refractivity contribution in [1.29, 1.82) is 0 Å². The van der Waals surface area contributed by atoms with Crippen LogP contribution in [0.4, 0.5) is 13.2 Å². The molecule has 2 aromatic carbocycles. The normalized spacial score (nSPS) is 11.2. The van der Waals surface area contributed by atoms with E-state index in [1.165, 1.54) is 24.3 Å². The minimum Gasteiger partial charge on any atom is -0.490 e. The largest absolute Gasteiger partial charge is 0.573 e. The molecule has 2 rings (SSSR count). The summed E-state index contributed by atoms with van der Waals surface area (Å²) in [5.41, 5.74) is 0.736. The number of hydrogen-bond acceptors (Lipinski definition) is 3. The van der Waals surface area contributed by atoms with Crippen molar-refractivity contribution in [2.45, 2.75) is 25.6 Å². The Morgan fingerprint density at radius 1 is 0.933 bits per heavy atom. The van der Waals surface area contributed by atoms with Crippen LogP contribution in [0.15, 0.2) is 47.0 Å². The Labute approximate surface area is 192 Å². The molecule has 0 saturated carbocycles. The second-order valence-electron chi connectivity index (χ2n) is 6.02. The van der Waals surface area contributed by atoms with E-state index in [4.69, 9.17) is 55.9 Å². The highest BCUT2D eigenvalue weighted by Crippen LogP contribution is 2.37. The van der Waals surface area contributed by atoms with Crippen molar-refractivity contribution in [3.05, 3.63) is 62.6 Å². The van der Waals surface area contributed by atoms with Gasteiger partial charge in [-0.25, -0.2) is 0 Å². The molecule has 0 N–H and O–H groups in total. The number of unbranched alkanes of at least 4 members (excludes halogenated alkanes) is 1. The zero-order valence-corrected chi connectivity index (χ0v) is 18.5. The quantitative estimate of drug-likeness (QED) is 0.307. The first kappa shape index (κ1) is 24.8. The molecule has 0 aliphatic carbocycles. The lowest BCUT2D eigenvalue weighted by molar-refractivity contribution is -0.274. The van der Waals surface area contributed by atoms with Gasteiger partial charge in [0.25, 0.3) is 0 Å². The number of rotatable bonds is 10. The van der Waals surface area contributed by atoms with E-state index < -0.39 is 6.36 Å². The van der Waals surface area contributed by atoms with Gasteiger partial charge < -0.3 is 14.2 Å². The second-order valence-corrected chi connectivity index (χ2v) is 7.84. The molecular formula is C20H17Cl4F3O3. The molecule has 2 aromatic rings. The van der Waals surface area contributed by atoms with E-state index in [1.807, 2.05) is 0 Å². The molecule has 0 bridgehead atoms. The summed E-state index contributed by atoms with van der Waals surface area (Å²) in [6, 6.07) is 9.01. The van der Waals surface area contributed by atoms with E-state index in [-0.39, 0.29) is 26.9 Å². The Balaban J connectivity index is 1.80. The lowest BCUT2D eigenvalue weighted by Gasteiger charge is -2.12. The molecule has 10 heteroatoms. The molecule has 0 atom stereocenters. The molecule has 0 aliphatic rings. The van der Waals surface area contributed by atoms with Crippen LogP contribution in [0.3, 0.4) is 0 Å². The monoisotopic (exact) mass is 502 g/mol. The molecule has 0 aromatic heterocycles. The second kappa shape index (κ2) is 11.8. The SMILES string of the molecule is FC(F)(F)Oc1cccc(CCCCOc2c(Cl)cc(OCC=C(Cl)Cl)cc2Cl)c1. The molecule has 0 heterocycles. The first-order chi connectivity index (χ1) is 14.1. The van der Waals surface area contributed by atoms with E-state index >= 15 is 0 Å². The maximum Gasteiger partial charge on any atom is 0.573 e. The van der Waals surface area contributed by atoms with Crippen molar-refractivity contribution in [3.63, 3.8) is 0 Å². The minimum atomic E-state index is -4.71.